The van der Waals surface area contributed by atoms with Crippen molar-refractivity contribution < 1.29 is 22.8 Å². The summed E-state index contributed by atoms with van der Waals surface area (Å²) < 4.78 is 39.6. The summed E-state index contributed by atoms with van der Waals surface area (Å²) in [5.74, 6) is -1.97. The molecular formula is C24H20F3N3O2. The van der Waals surface area contributed by atoms with Crippen LogP contribution in [0.1, 0.15) is 27.9 Å². The van der Waals surface area contributed by atoms with E-state index in [1.807, 2.05) is 0 Å². The van der Waals surface area contributed by atoms with Crippen molar-refractivity contribution in [2.24, 2.45) is 0 Å². The number of Topliss-reactive ketones (excluding diaryl/α,β-unsaturated/α-hetero) is 1. The van der Waals surface area contributed by atoms with Crippen molar-refractivity contribution in [3.63, 3.8) is 0 Å². The number of anilines is 1. The van der Waals surface area contributed by atoms with Crippen LogP contribution in [0.3, 0.4) is 0 Å². The molecule has 0 bridgehead atoms. The molecule has 8 heteroatoms. The van der Waals surface area contributed by atoms with E-state index in [9.17, 15) is 22.8 Å². The Hall–Kier alpha value is -3.68. The second kappa shape index (κ2) is 9.21. The van der Waals surface area contributed by atoms with Gasteiger partial charge in [-0.15, -0.1) is 0 Å². The predicted molar refractivity (Wildman–Crippen MR) is 113 cm³/mol. The highest BCUT2D eigenvalue weighted by molar-refractivity contribution is 5.98. The van der Waals surface area contributed by atoms with Crippen LogP contribution >= 0.6 is 0 Å². The zero-order chi connectivity index (χ0) is 22.7. The third-order valence-electron chi connectivity index (χ3n) is 5.35. The van der Waals surface area contributed by atoms with Crippen LogP contribution in [0.2, 0.25) is 0 Å². The lowest BCUT2D eigenvalue weighted by atomic mass is 10.0. The fraction of sp³-hybridized carbons (Fsp3) is 0.208. The standard InChI is InChI=1S/C24H20F3N3O2/c25-19-5-1-16(2-6-19)4-8-22(31)18-9-10-28-23(14-18)30-12-11-29(24(30)32)15-17-3-7-20(26)21(27)13-17/h1-3,5-7,9-10,13-14H,4,8,11-12,15H2. The molecule has 1 aromatic heterocycles. The van der Waals surface area contributed by atoms with Gasteiger partial charge in [0.25, 0.3) is 0 Å². The van der Waals surface area contributed by atoms with E-state index in [0.29, 0.717) is 36.5 Å². The van der Waals surface area contributed by atoms with Crippen LogP contribution in [0.15, 0.2) is 60.8 Å². The van der Waals surface area contributed by atoms with Crippen molar-refractivity contribution in [1.82, 2.24) is 9.88 Å². The summed E-state index contributed by atoms with van der Waals surface area (Å²) in [5, 5.41) is 0. The number of pyridine rings is 1. The lowest BCUT2D eigenvalue weighted by Crippen LogP contribution is -2.32. The number of carbonyl (C=O) groups is 2. The van der Waals surface area contributed by atoms with Crippen molar-refractivity contribution in [3.8, 4) is 0 Å². The van der Waals surface area contributed by atoms with E-state index in [-0.39, 0.29) is 30.6 Å². The number of halogens is 3. The summed E-state index contributed by atoms with van der Waals surface area (Å²) in [4.78, 5) is 32.6. The highest BCUT2D eigenvalue weighted by Crippen LogP contribution is 2.22. The first-order valence-corrected chi connectivity index (χ1v) is 10.1. The molecule has 2 aromatic carbocycles. The van der Waals surface area contributed by atoms with E-state index >= 15 is 0 Å². The van der Waals surface area contributed by atoms with Gasteiger partial charge in [-0.3, -0.25) is 9.69 Å². The van der Waals surface area contributed by atoms with Crippen LogP contribution < -0.4 is 4.90 Å². The van der Waals surface area contributed by atoms with Gasteiger partial charge in [0.1, 0.15) is 11.6 Å². The quantitative estimate of drug-likeness (QED) is 0.499. The van der Waals surface area contributed by atoms with Crippen molar-refractivity contribution in [2.75, 3.05) is 18.0 Å². The summed E-state index contributed by atoms with van der Waals surface area (Å²) >= 11 is 0. The second-order valence-corrected chi connectivity index (χ2v) is 7.56. The third kappa shape index (κ3) is 4.80. The zero-order valence-electron chi connectivity index (χ0n) is 17.1. The van der Waals surface area contributed by atoms with Crippen LogP contribution in [0.5, 0.6) is 0 Å². The molecule has 3 aromatic rings. The number of amides is 2. The minimum atomic E-state index is -0.959. The molecule has 1 aliphatic heterocycles. The van der Waals surface area contributed by atoms with Crippen LogP contribution in [0.25, 0.3) is 0 Å². The molecule has 5 nitrogen and oxygen atoms in total. The normalized spacial score (nSPS) is 13.7. The van der Waals surface area contributed by atoms with Gasteiger partial charge in [0.15, 0.2) is 17.4 Å². The highest BCUT2D eigenvalue weighted by atomic mass is 19.2. The summed E-state index contributed by atoms with van der Waals surface area (Å²) in [6, 6.07) is 12.4. The number of ketones is 1. The minimum Gasteiger partial charge on any atom is -0.318 e. The Bertz CT molecular complexity index is 1150. The average molecular weight is 439 g/mol. The number of hydrogen-bond donors (Lipinski definition) is 0. The maximum absolute atomic E-state index is 13.5. The van der Waals surface area contributed by atoms with Crippen molar-refractivity contribution in [3.05, 3.63) is 94.9 Å². The molecule has 0 atom stereocenters. The molecule has 0 N–H and O–H groups in total. The summed E-state index contributed by atoms with van der Waals surface area (Å²) in [6.45, 7) is 0.897. The first-order valence-electron chi connectivity index (χ1n) is 10.1. The Kier molecular flexibility index (Phi) is 6.20. The van der Waals surface area contributed by atoms with E-state index in [1.165, 1.54) is 34.2 Å². The number of aromatic nitrogens is 1. The van der Waals surface area contributed by atoms with Gasteiger partial charge in [-0.1, -0.05) is 18.2 Å². The molecule has 2 amide bonds. The molecule has 1 aliphatic rings. The van der Waals surface area contributed by atoms with Crippen molar-refractivity contribution in [2.45, 2.75) is 19.4 Å². The Morgan fingerprint density at radius 3 is 2.41 bits per heavy atom. The molecule has 0 unspecified atom stereocenters. The molecule has 0 aliphatic carbocycles. The summed E-state index contributed by atoms with van der Waals surface area (Å²) in [6.07, 6.45) is 2.19. The molecule has 32 heavy (non-hydrogen) atoms. The molecule has 4 rings (SSSR count). The van der Waals surface area contributed by atoms with Gasteiger partial charge in [0, 0.05) is 37.8 Å². The van der Waals surface area contributed by atoms with Gasteiger partial charge < -0.3 is 4.90 Å². The van der Waals surface area contributed by atoms with Gasteiger partial charge in [-0.05, 0) is 53.9 Å². The van der Waals surface area contributed by atoms with Gasteiger partial charge in [-0.25, -0.2) is 22.9 Å². The van der Waals surface area contributed by atoms with Gasteiger partial charge in [-0.2, -0.15) is 0 Å². The number of carbonyl (C=O) groups excluding carboxylic acids is 2. The van der Waals surface area contributed by atoms with Crippen LogP contribution in [0.4, 0.5) is 23.8 Å². The molecule has 164 valence electrons. The van der Waals surface area contributed by atoms with Crippen molar-refractivity contribution in [1.29, 1.82) is 0 Å². The number of benzene rings is 2. The van der Waals surface area contributed by atoms with E-state index in [2.05, 4.69) is 4.98 Å². The monoisotopic (exact) mass is 439 g/mol. The highest BCUT2D eigenvalue weighted by Gasteiger charge is 2.30. The van der Waals surface area contributed by atoms with Gasteiger partial charge >= 0.3 is 6.03 Å². The van der Waals surface area contributed by atoms with E-state index in [4.69, 9.17) is 0 Å². The Morgan fingerprint density at radius 1 is 0.906 bits per heavy atom. The van der Waals surface area contributed by atoms with E-state index in [0.717, 1.165) is 17.7 Å². The molecule has 1 saturated heterocycles. The number of nitrogens with zero attached hydrogens (tertiary/aromatic N) is 3. The maximum Gasteiger partial charge on any atom is 0.326 e. The summed E-state index contributed by atoms with van der Waals surface area (Å²) in [7, 11) is 0. The lowest BCUT2D eigenvalue weighted by molar-refractivity contribution is 0.0982. The second-order valence-electron chi connectivity index (χ2n) is 7.56. The Morgan fingerprint density at radius 2 is 1.66 bits per heavy atom. The van der Waals surface area contributed by atoms with Crippen LogP contribution in [-0.4, -0.2) is 34.8 Å². The first kappa shape index (κ1) is 21.5. The molecule has 2 heterocycles. The third-order valence-corrected chi connectivity index (χ3v) is 5.35. The average Bonchev–Trinajstić information content (AvgIpc) is 3.16. The van der Waals surface area contributed by atoms with Gasteiger partial charge in [0.2, 0.25) is 0 Å². The van der Waals surface area contributed by atoms with Crippen molar-refractivity contribution >= 4 is 17.6 Å². The fourth-order valence-corrected chi connectivity index (χ4v) is 3.59. The first-order chi connectivity index (χ1) is 15.4. The summed E-state index contributed by atoms with van der Waals surface area (Å²) in [5.41, 5.74) is 1.78. The lowest BCUT2D eigenvalue weighted by Gasteiger charge is -2.18. The molecule has 1 fully saturated rings. The van der Waals surface area contributed by atoms with Gasteiger partial charge in [0.05, 0.1) is 0 Å². The maximum atomic E-state index is 13.5. The van der Waals surface area contributed by atoms with E-state index in [1.54, 1.807) is 24.3 Å². The molecule has 0 spiro atoms. The number of rotatable bonds is 7. The SMILES string of the molecule is O=C(CCc1ccc(F)cc1)c1ccnc(N2CCN(Cc3ccc(F)c(F)c3)C2=O)c1. The smallest absolute Gasteiger partial charge is 0.318 e. The topological polar surface area (TPSA) is 53.5 Å². The Balaban J connectivity index is 1.41. The van der Waals surface area contributed by atoms with Crippen LogP contribution in [0, 0.1) is 17.5 Å². The molecular weight excluding hydrogens is 419 g/mol. The number of hydrogen-bond acceptors (Lipinski definition) is 3. The Labute approximate surface area is 183 Å². The fourth-order valence-electron chi connectivity index (χ4n) is 3.59. The zero-order valence-corrected chi connectivity index (χ0v) is 17.1. The van der Waals surface area contributed by atoms with Crippen LogP contribution in [-0.2, 0) is 13.0 Å². The molecule has 0 radical (unpaired) electrons. The number of aryl methyl sites for hydroxylation is 1. The predicted octanol–water partition coefficient (Wildman–Crippen LogP) is 4.76. The molecule has 0 saturated carbocycles. The largest absolute Gasteiger partial charge is 0.326 e. The minimum absolute atomic E-state index is 0.108. The number of urea groups is 1. The van der Waals surface area contributed by atoms with E-state index < -0.39 is 11.6 Å².